The van der Waals surface area contributed by atoms with Crippen LogP contribution in [-0.4, -0.2) is 49.8 Å². The number of rotatable bonds is 6. The van der Waals surface area contributed by atoms with Gasteiger partial charge in [-0.15, -0.1) is 11.3 Å². The van der Waals surface area contributed by atoms with E-state index in [-0.39, 0.29) is 12.7 Å². The summed E-state index contributed by atoms with van der Waals surface area (Å²) < 4.78 is 10.8. The summed E-state index contributed by atoms with van der Waals surface area (Å²) in [7, 11) is 3.78. The molecule has 144 valence electrons. The zero-order valence-corrected chi connectivity index (χ0v) is 16.4. The molecular weight excluding hydrogens is 364 g/mol. The molecule has 0 bridgehead atoms. The molecule has 1 saturated heterocycles. The summed E-state index contributed by atoms with van der Waals surface area (Å²) in [5.41, 5.74) is 1.77. The van der Waals surface area contributed by atoms with E-state index in [0.717, 1.165) is 29.5 Å². The summed E-state index contributed by atoms with van der Waals surface area (Å²) in [5, 5.41) is 6.10. The van der Waals surface area contributed by atoms with Crippen LogP contribution in [0.4, 0.5) is 5.13 Å². The third-order valence-corrected chi connectivity index (χ3v) is 5.79. The van der Waals surface area contributed by atoms with Crippen LogP contribution in [-0.2, 0) is 11.3 Å². The fourth-order valence-corrected chi connectivity index (χ4v) is 4.35. The predicted octanol–water partition coefficient (Wildman–Crippen LogP) is 2.39. The Morgan fingerprint density at radius 2 is 2.07 bits per heavy atom. The number of hydrogen-bond donors (Lipinski definition) is 1. The number of likely N-dealkylation sites (N-methyl/N-ethyl adjacent to an activating group) is 1. The van der Waals surface area contributed by atoms with Crippen LogP contribution in [0.1, 0.15) is 30.1 Å². The number of nitrogens with zero attached hydrogens (tertiary/aromatic N) is 3. The van der Waals surface area contributed by atoms with E-state index < -0.39 is 6.04 Å². The average molecular weight is 388 g/mol. The van der Waals surface area contributed by atoms with Crippen molar-refractivity contribution in [1.29, 1.82) is 0 Å². The summed E-state index contributed by atoms with van der Waals surface area (Å²) in [6.45, 7) is 2.80. The molecule has 1 fully saturated rings. The van der Waals surface area contributed by atoms with Crippen LogP contribution in [0.3, 0.4) is 0 Å². The minimum Gasteiger partial charge on any atom is -0.454 e. The van der Waals surface area contributed by atoms with Crippen molar-refractivity contribution in [2.75, 3.05) is 38.9 Å². The van der Waals surface area contributed by atoms with Crippen molar-refractivity contribution in [1.82, 2.24) is 15.2 Å². The van der Waals surface area contributed by atoms with Crippen molar-refractivity contribution in [2.24, 2.45) is 0 Å². The van der Waals surface area contributed by atoms with Crippen LogP contribution in [0.15, 0.2) is 23.6 Å². The van der Waals surface area contributed by atoms with Crippen LogP contribution in [0, 0.1) is 0 Å². The van der Waals surface area contributed by atoms with Gasteiger partial charge in [-0.25, -0.2) is 4.98 Å². The van der Waals surface area contributed by atoms with Gasteiger partial charge in [0.2, 0.25) is 12.7 Å². The van der Waals surface area contributed by atoms with Crippen LogP contribution < -0.4 is 19.7 Å². The van der Waals surface area contributed by atoms with Crippen molar-refractivity contribution >= 4 is 22.4 Å². The molecule has 0 unspecified atom stereocenters. The molecule has 2 aromatic rings. The van der Waals surface area contributed by atoms with Crippen molar-refractivity contribution in [3.8, 4) is 11.5 Å². The Labute approximate surface area is 162 Å². The van der Waals surface area contributed by atoms with Gasteiger partial charge in [-0.2, -0.15) is 0 Å². The fourth-order valence-electron chi connectivity index (χ4n) is 3.47. The molecule has 2 aliphatic heterocycles. The summed E-state index contributed by atoms with van der Waals surface area (Å²) >= 11 is 1.65. The number of fused-ring (bicyclic) bond motifs is 1. The molecule has 0 spiro atoms. The summed E-state index contributed by atoms with van der Waals surface area (Å²) in [6, 6.07) is 5.23. The van der Waals surface area contributed by atoms with Gasteiger partial charge in [-0.3, -0.25) is 9.69 Å². The molecule has 8 heteroatoms. The van der Waals surface area contributed by atoms with Gasteiger partial charge in [0.05, 0.1) is 12.2 Å². The number of anilines is 1. The van der Waals surface area contributed by atoms with Crippen LogP contribution in [0.2, 0.25) is 0 Å². The normalized spacial score (nSPS) is 16.8. The lowest BCUT2D eigenvalue weighted by atomic mass is 10.0. The second-order valence-corrected chi connectivity index (χ2v) is 7.85. The van der Waals surface area contributed by atoms with E-state index in [1.807, 2.05) is 42.6 Å². The standard InChI is InChI=1S/C19H24N4O3S/c1-22(2)17(13-5-6-15-16(9-13)26-12-25-15)18(24)20-10-14-11-27-19(21-14)23-7-3-4-8-23/h5-6,9,11,17H,3-4,7-8,10,12H2,1-2H3,(H,20,24)/t17-/m0/s1. The molecule has 4 rings (SSSR count). The number of benzene rings is 1. The topological polar surface area (TPSA) is 66.9 Å². The Morgan fingerprint density at radius 3 is 2.85 bits per heavy atom. The van der Waals surface area contributed by atoms with E-state index >= 15 is 0 Å². The maximum atomic E-state index is 12.9. The van der Waals surface area contributed by atoms with Gasteiger partial charge in [-0.1, -0.05) is 6.07 Å². The zero-order chi connectivity index (χ0) is 18.8. The predicted molar refractivity (Wildman–Crippen MR) is 104 cm³/mol. The second kappa shape index (κ2) is 7.74. The SMILES string of the molecule is CN(C)[C@H](C(=O)NCc1csc(N2CCCC2)n1)c1ccc2c(c1)OCO2. The summed E-state index contributed by atoms with van der Waals surface area (Å²) in [4.78, 5) is 21.7. The summed E-state index contributed by atoms with van der Waals surface area (Å²) in [5.74, 6) is 1.34. The molecule has 7 nitrogen and oxygen atoms in total. The van der Waals surface area contributed by atoms with Crippen LogP contribution in [0.5, 0.6) is 11.5 Å². The molecule has 27 heavy (non-hydrogen) atoms. The van der Waals surface area contributed by atoms with Gasteiger partial charge in [0.15, 0.2) is 16.6 Å². The number of carbonyl (C=O) groups excluding carboxylic acids is 1. The van der Waals surface area contributed by atoms with Gasteiger partial charge in [0.1, 0.15) is 6.04 Å². The molecule has 0 saturated carbocycles. The lowest BCUT2D eigenvalue weighted by molar-refractivity contribution is -0.126. The third kappa shape index (κ3) is 3.86. The number of ether oxygens (including phenoxy) is 2. The maximum Gasteiger partial charge on any atom is 0.242 e. The maximum absolute atomic E-state index is 12.9. The number of thiazole rings is 1. The highest BCUT2D eigenvalue weighted by molar-refractivity contribution is 7.13. The van der Waals surface area contributed by atoms with E-state index in [0.29, 0.717) is 18.0 Å². The second-order valence-electron chi connectivity index (χ2n) is 7.01. The largest absolute Gasteiger partial charge is 0.454 e. The van der Waals surface area contributed by atoms with Gasteiger partial charge < -0.3 is 19.7 Å². The first kappa shape index (κ1) is 18.1. The van der Waals surface area contributed by atoms with E-state index in [1.165, 1.54) is 12.8 Å². The molecule has 0 radical (unpaired) electrons. The Bertz CT molecular complexity index is 817. The lowest BCUT2D eigenvalue weighted by Crippen LogP contribution is -2.36. The molecule has 3 heterocycles. The lowest BCUT2D eigenvalue weighted by Gasteiger charge is -2.24. The van der Waals surface area contributed by atoms with Crippen molar-refractivity contribution in [3.63, 3.8) is 0 Å². The van der Waals surface area contributed by atoms with E-state index in [9.17, 15) is 4.79 Å². The molecule has 2 aliphatic rings. The monoisotopic (exact) mass is 388 g/mol. The van der Waals surface area contributed by atoms with Gasteiger partial charge in [0, 0.05) is 18.5 Å². The Hall–Kier alpha value is -2.32. The highest BCUT2D eigenvalue weighted by atomic mass is 32.1. The Morgan fingerprint density at radius 1 is 1.30 bits per heavy atom. The zero-order valence-electron chi connectivity index (χ0n) is 15.6. The van der Waals surface area contributed by atoms with E-state index in [1.54, 1.807) is 11.3 Å². The first-order chi connectivity index (χ1) is 13.1. The van der Waals surface area contributed by atoms with Crippen molar-refractivity contribution < 1.29 is 14.3 Å². The highest BCUT2D eigenvalue weighted by Gasteiger charge is 2.25. The molecule has 1 aromatic carbocycles. The number of hydrogen-bond acceptors (Lipinski definition) is 7. The van der Waals surface area contributed by atoms with Crippen LogP contribution in [0.25, 0.3) is 0 Å². The molecule has 1 aromatic heterocycles. The minimum absolute atomic E-state index is 0.0606. The average Bonchev–Trinajstić information content (AvgIpc) is 3.39. The van der Waals surface area contributed by atoms with Crippen molar-refractivity contribution in [3.05, 3.63) is 34.8 Å². The Kier molecular flexibility index (Phi) is 5.18. The van der Waals surface area contributed by atoms with Crippen LogP contribution >= 0.6 is 11.3 Å². The number of carbonyl (C=O) groups is 1. The first-order valence-electron chi connectivity index (χ1n) is 9.15. The van der Waals surface area contributed by atoms with E-state index in [2.05, 4.69) is 15.2 Å². The third-order valence-electron chi connectivity index (χ3n) is 4.84. The number of aromatic nitrogens is 1. The molecule has 0 aliphatic carbocycles. The van der Waals surface area contributed by atoms with E-state index in [4.69, 9.17) is 9.47 Å². The fraction of sp³-hybridized carbons (Fsp3) is 0.474. The Balaban J connectivity index is 1.42. The molecule has 1 atom stereocenters. The van der Waals surface area contributed by atoms with Crippen molar-refractivity contribution in [2.45, 2.75) is 25.4 Å². The van der Waals surface area contributed by atoms with Gasteiger partial charge in [-0.05, 0) is 44.6 Å². The summed E-state index contributed by atoms with van der Waals surface area (Å²) in [6.07, 6.45) is 2.46. The highest BCUT2D eigenvalue weighted by Crippen LogP contribution is 2.35. The quantitative estimate of drug-likeness (QED) is 0.820. The molecule has 1 amide bonds. The first-order valence-corrected chi connectivity index (χ1v) is 10.0. The molecular formula is C19H24N4O3S. The smallest absolute Gasteiger partial charge is 0.242 e. The molecule has 1 N–H and O–H groups in total. The number of amides is 1. The van der Waals surface area contributed by atoms with Gasteiger partial charge >= 0.3 is 0 Å². The number of nitrogens with one attached hydrogen (secondary N) is 1. The minimum atomic E-state index is -0.406. The van der Waals surface area contributed by atoms with Gasteiger partial charge in [0.25, 0.3) is 0 Å².